The second kappa shape index (κ2) is 9.55. The third-order valence-electron chi connectivity index (χ3n) is 5.17. The van der Waals surface area contributed by atoms with E-state index in [1.165, 1.54) is 12.1 Å². The molecule has 1 aromatic rings. The molecule has 0 amide bonds. The Morgan fingerprint density at radius 3 is 2.26 bits per heavy atom. The number of carbonyl (C=O) groups excluding carboxylic acids is 1. The molecule has 0 unspecified atom stereocenters. The number of hydrogen-bond acceptors (Lipinski definition) is 6. The molecule has 6 nitrogen and oxygen atoms in total. The molecule has 1 heterocycles. The lowest BCUT2D eigenvalue weighted by molar-refractivity contribution is -0.147. The van der Waals surface area contributed by atoms with Gasteiger partial charge in [-0.25, -0.2) is 8.42 Å². The van der Waals surface area contributed by atoms with Crippen LogP contribution in [0.2, 0.25) is 0 Å². The number of esters is 1. The highest BCUT2D eigenvalue weighted by Gasteiger charge is 2.53. The standard InChI is InChI=1S/C20H31NO5S/c1-4-7-16-26-17-8-10-18(11-9-17)27(23,24)20(19(22)25-6-3)12-14-21(5-2)15-13-20/h8-11H,4-7,12-16H2,1-3H3. The summed E-state index contributed by atoms with van der Waals surface area (Å²) in [5, 5.41) is 0. The van der Waals surface area contributed by atoms with E-state index in [4.69, 9.17) is 9.47 Å². The van der Waals surface area contributed by atoms with E-state index in [1.54, 1.807) is 19.1 Å². The lowest BCUT2D eigenvalue weighted by Gasteiger charge is -2.38. The maximum Gasteiger partial charge on any atom is 0.327 e. The van der Waals surface area contributed by atoms with E-state index in [2.05, 4.69) is 11.8 Å². The molecule has 1 aliphatic rings. The van der Waals surface area contributed by atoms with E-state index < -0.39 is 20.6 Å². The summed E-state index contributed by atoms with van der Waals surface area (Å²) in [4.78, 5) is 15.0. The molecule has 0 N–H and O–H groups in total. The van der Waals surface area contributed by atoms with Gasteiger partial charge in [-0.3, -0.25) is 4.79 Å². The summed E-state index contributed by atoms with van der Waals surface area (Å²) in [6.07, 6.45) is 2.47. The molecule has 7 heteroatoms. The van der Waals surface area contributed by atoms with Crippen LogP contribution in [0.1, 0.15) is 46.5 Å². The van der Waals surface area contributed by atoms with Crippen molar-refractivity contribution in [3.05, 3.63) is 24.3 Å². The summed E-state index contributed by atoms with van der Waals surface area (Å²) >= 11 is 0. The van der Waals surface area contributed by atoms with Crippen LogP contribution in [-0.4, -0.2) is 56.9 Å². The number of benzene rings is 1. The number of likely N-dealkylation sites (tertiary alicyclic amines) is 1. The third kappa shape index (κ3) is 4.63. The van der Waals surface area contributed by atoms with Crippen LogP contribution in [0, 0.1) is 0 Å². The highest BCUT2D eigenvalue weighted by molar-refractivity contribution is 7.93. The average Bonchev–Trinajstić information content (AvgIpc) is 2.68. The Kier molecular flexibility index (Phi) is 7.68. The molecule has 152 valence electrons. The second-order valence-corrected chi connectivity index (χ2v) is 9.09. The normalized spacial score (nSPS) is 17.4. The van der Waals surface area contributed by atoms with Crippen molar-refractivity contribution in [2.45, 2.75) is 56.1 Å². The number of piperidine rings is 1. The number of hydrogen-bond donors (Lipinski definition) is 0. The van der Waals surface area contributed by atoms with Crippen molar-refractivity contribution in [2.24, 2.45) is 0 Å². The van der Waals surface area contributed by atoms with Gasteiger partial charge in [-0.15, -0.1) is 0 Å². The van der Waals surface area contributed by atoms with Crippen LogP contribution < -0.4 is 4.74 Å². The van der Waals surface area contributed by atoms with E-state index in [0.717, 1.165) is 19.4 Å². The minimum Gasteiger partial charge on any atom is -0.494 e. The Balaban J connectivity index is 2.29. The summed E-state index contributed by atoms with van der Waals surface area (Å²) < 4.78 is 36.1. The van der Waals surface area contributed by atoms with E-state index in [9.17, 15) is 13.2 Å². The van der Waals surface area contributed by atoms with E-state index in [-0.39, 0.29) is 24.3 Å². The van der Waals surface area contributed by atoms with Crippen LogP contribution >= 0.6 is 0 Å². The van der Waals surface area contributed by atoms with Crippen molar-refractivity contribution in [1.82, 2.24) is 4.90 Å². The molecule has 1 saturated heterocycles. The summed E-state index contributed by atoms with van der Waals surface area (Å²) in [5.41, 5.74) is 0. The summed E-state index contributed by atoms with van der Waals surface area (Å²) in [6, 6.07) is 6.37. The second-order valence-electron chi connectivity index (χ2n) is 6.83. The Morgan fingerprint density at radius 2 is 1.74 bits per heavy atom. The van der Waals surface area contributed by atoms with Gasteiger partial charge in [0.25, 0.3) is 0 Å². The minimum atomic E-state index is -3.88. The van der Waals surface area contributed by atoms with Gasteiger partial charge in [0.2, 0.25) is 0 Å². The van der Waals surface area contributed by atoms with Gasteiger partial charge < -0.3 is 14.4 Å². The van der Waals surface area contributed by atoms with Crippen LogP contribution in [-0.2, 0) is 19.4 Å². The Hall–Kier alpha value is -1.60. The molecule has 1 fully saturated rings. The summed E-state index contributed by atoms with van der Waals surface area (Å²) in [5.74, 6) is -0.00240. The highest BCUT2D eigenvalue weighted by Crippen LogP contribution is 2.37. The lowest BCUT2D eigenvalue weighted by atomic mass is 9.95. The SMILES string of the molecule is CCCCOc1ccc(S(=O)(=O)C2(C(=O)OCC)CCN(CC)CC2)cc1. The van der Waals surface area contributed by atoms with Gasteiger partial charge in [-0.05, 0) is 57.0 Å². The van der Waals surface area contributed by atoms with Crippen molar-refractivity contribution in [2.75, 3.05) is 32.8 Å². The largest absolute Gasteiger partial charge is 0.494 e. The van der Waals surface area contributed by atoms with E-state index in [0.29, 0.717) is 25.4 Å². The zero-order chi connectivity index (χ0) is 19.9. The molecule has 0 saturated carbocycles. The highest BCUT2D eigenvalue weighted by atomic mass is 32.2. The Bertz CT molecular complexity index is 706. The minimum absolute atomic E-state index is 0.142. The van der Waals surface area contributed by atoms with E-state index in [1.807, 2.05) is 6.92 Å². The molecule has 0 aromatic heterocycles. The van der Waals surface area contributed by atoms with Gasteiger partial charge in [0.05, 0.1) is 18.1 Å². The summed E-state index contributed by atoms with van der Waals surface area (Å²) in [7, 11) is -3.88. The Morgan fingerprint density at radius 1 is 1.11 bits per heavy atom. The number of sulfone groups is 1. The molecule has 0 aliphatic carbocycles. The van der Waals surface area contributed by atoms with Crippen molar-refractivity contribution < 1.29 is 22.7 Å². The quantitative estimate of drug-likeness (QED) is 0.471. The van der Waals surface area contributed by atoms with E-state index >= 15 is 0 Å². The molecule has 0 spiro atoms. The molecular formula is C20H31NO5S. The number of nitrogens with zero attached hydrogens (tertiary/aromatic N) is 1. The smallest absolute Gasteiger partial charge is 0.327 e. The zero-order valence-corrected chi connectivity index (χ0v) is 17.4. The van der Waals surface area contributed by atoms with Crippen LogP contribution in [0.4, 0.5) is 0 Å². The van der Waals surface area contributed by atoms with Gasteiger partial charge >= 0.3 is 5.97 Å². The maximum absolute atomic E-state index is 13.4. The first kappa shape index (κ1) is 21.7. The van der Waals surface area contributed by atoms with Crippen molar-refractivity contribution in [3.63, 3.8) is 0 Å². The number of ether oxygens (including phenoxy) is 2. The fraction of sp³-hybridized carbons (Fsp3) is 0.650. The van der Waals surface area contributed by atoms with Crippen molar-refractivity contribution >= 4 is 15.8 Å². The first-order valence-electron chi connectivity index (χ1n) is 9.78. The number of carbonyl (C=O) groups is 1. The monoisotopic (exact) mass is 397 g/mol. The topological polar surface area (TPSA) is 72.9 Å². The van der Waals surface area contributed by atoms with Crippen LogP contribution in [0.25, 0.3) is 0 Å². The first-order valence-corrected chi connectivity index (χ1v) is 11.3. The number of rotatable bonds is 9. The average molecular weight is 398 g/mol. The lowest BCUT2D eigenvalue weighted by Crippen LogP contribution is -2.55. The molecule has 0 bridgehead atoms. The molecule has 27 heavy (non-hydrogen) atoms. The maximum atomic E-state index is 13.4. The van der Waals surface area contributed by atoms with Crippen LogP contribution in [0.5, 0.6) is 5.75 Å². The fourth-order valence-electron chi connectivity index (χ4n) is 3.35. The predicted octanol–water partition coefficient (Wildman–Crippen LogP) is 3.06. The van der Waals surface area contributed by atoms with Gasteiger partial charge in [0.15, 0.2) is 14.6 Å². The molecule has 0 atom stereocenters. The molecule has 2 rings (SSSR count). The molecule has 0 radical (unpaired) electrons. The van der Waals surface area contributed by atoms with Crippen molar-refractivity contribution in [3.8, 4) is 5.75 Å². The molecule has 1 aliphatic heterocycles. The third-order valence-corrected chi connectivity index (χ3v) is 7.67. The van der Waals surface area contributed by atoms with Crippen LogP contribution in [0.15, 0.2) is 29.2 Å². The van der Waals surface area contributed by atoms with Crippen LogP contribution in [0.3, 0.4) is 0 Å². The van der Waals surface area contributed by atoms with Gasteiger partial charge in [0, 0.05) is 13.1 Å². The fourth-order valence-corrected chi connectivity index (χ4v) is 5.29. The Labute approximate surface area is 162 Å². The van der Waals surface area contributed by atoms with Gasteiger partial charge in [-0.2, -0.15) is 0 Å². The summed E-state index contributed by atoms with van der Waals surface area (Å²) in [6.45, 7) is 8.53. The number of unbranched alkanes of at least 4 members (excludes halogenated alkanes) is 1. The molecular weight excluding hydrogens is 366 g/mol. The zero-order valence-electron chi connectivity index (χ0n) is 16.6. The first-order chi connectivity index (χ1) is 12.9. The van der Waals surface area contributed by atoms with Gasteiger partial charge in [0.1, 0.15) is 5.75 Å². The predicted molar refractivity (Wildman–Crippen MR) is 105 cm³/mol. The van der Waals surface area contributed by atoms with Crippen molar-refractivity contribution in [1.29, 1.82) is 0 Å². The molecule has 1 aromatic carbocycles. The van der Waals surface area contributed by atoms with Gasteiger partial charge in [-0.1, -0.05) is 20.3 Å².